The molecule has 0 aliphatic carbocycles. The highest BCUT2D eigenvalue weighted by molar-refractivity contribution is 7.17. The molecule has 0 saturated heterocycles. The van der Waals surface area contributed by atoms with E-state index in [-0.39, 0.29) is 10.9 Å². The molecular weight excluding hydrogens is 228 g/mol. The van der Waals surface area contributed by atoms with Gasteiger partial charge in [0.25, 0.3) is 5.91 Å². The molecule has 0 fully saturated rings. The summed E-state index contributed by atoms with van der Waals surface area (Å²) in [5.41, 5.74) is 0. The Balaban J connectivity index is 2.76. The molecule has 0 N–H and O–H groups in total. The number of hydrogen-bond acceptors (Lipinski definition) is 4. The number of amides is 1. The van der Waals surface area contributed by atoms with Crippen LogP contribution in [-0.4, -0.2) is 29.3 Å². The molecule has 1 amide bonds. The maximum atomic E-state index is 11.8. The zero-order valence-electron chi connectivity index (χ0n) is 9.47. The number of carbonyl (C=O) groups is 1. The number of rotatable bonds is 4. The lowest BCUT2D eigenvalue weighted by atomic mass is 10.2. The van der Waals surface area contributed by atoms with Gasteiger partial charge in [-0.3, -0.25) is 14.9 Å². The standard InChI is InChI=1S/C10H14N2O3S/c1-7(2)6-11(3)10(13)8-4-5-9(16-8)12(14)15/h4-5,7H,6H2,1-3H3. The SMILES string of the molecule is CC(C)CN(C)C(=O)c1ccc([N+](=O)[O-])s1. The van der Waals surface area contributed by atoms with Gasteiger partial charge in [0.2, 0.25) is 0 Å². The number of nitro groups is 1. The topological polar surface area (TPSA) is 63.5 Å². The van der Waals surface area contributed by atoms with Crippen LogP contribution in [0.4, 0.5) is 5.00 Å². The third-order valence-electron chi connectivity index (χ3n) is 1.97. The van der Waals surface area contributed by atoms with E-state index in [0.29, 0.717) is 17.3 Å². The van der Waals surface area contributed by atoms with Crippen LogP contribution in [0, 0.1) is 16.0 Å². The van der Waals surface area contributed by atoms with Gasteiger partial charge < -0.3 is 4.90 Å². The van der Waals surface area contributed by atoms with E-state index in [2.05, 4.69) is 0 Å². The first-order chi connectivity index (χ1) is 7.41. The summed E-state index contributed by atoms with van der Waals surface area (Å²) in [5.74, 6) is 0.218. The first-order valence-electron chi connectivity index (χ1n) is 4.91. The Bertz CT molecular complexity index is 401. The third-order valence-corrected chi connectivity index (χ3v) is 2.99. The fourth-order valence-electron chi connectivity index (χ4n) is 1.36. The van der Waals surface area contributed by atoms with Crippen LogP contribution in [-0.2, 0) is 0 Å². The first-order valence-corrected chi connectivity index (χ1v) is 5.73. The second-order valence-electron chi connectivity index (χ2n) is 3.97. The average Bonchev–Trinajstić information content (AvgIpc) is 2.64. The summed E-state index contributed by atoms with van der Waals surface area (Å²) in [5, 5.41) is 10.5. The van der Waals surface area contributed by atoms with Crippen molar-refractivity contribution in [2.24, 2.45) is 5.92 Å². The molecule has 0 bridgehead atoms. The maximum absolute atomic E-state index is 11.8. The van der Waals surface area contributed by atoms with E-state index in [9.17, 15) is 14.9 Å². The molecule has 0 unspecified atom stereocenters. The molecule has 0 saturated carbocycles. The van der Waals surface area contributed by atoms with Crippen molar-refractivity contribution in [3.05, 3.63) is 27.1 Å². The zero-order chi connectivity index (χ0) is 12.3. The van der Waals surface area contributed by atoms with Gasteiger partial charge in [-0.15, -0.1) is 0 Å². The number of nitrogens with zero attached hydrogens (tertiary/aromatic N) is 2. The van der Waals surface area contributed by atoms with E-state index in [1.807, 2.05) is 13.8 Å². The Morgan fingerprint density at radius 2 is 2.19 bits per heavy atom. The molecule has 1 aromatic rings. The van der Waals surface area contributed by atoms with E-state index < -0.39 is 4.92 Å². The van der Waals surface area contributed by atoms with Crippen LogP contribution < -0.4 is 0 Å². The quantitative estimate of drug-likeness (QED) is 0.601. The van der Waals surface area contributed by atoms with Crippen LogP contribution in [0.15, 0.2) is 12.1 Å². The fraction of sp³-hybridized carbons (Fsp3) is 0.500. The van der Waals surface area contributed by atoms with E-state index in [1.165, 1.54) is 12.1 Å². The second kappa shape index (κ2) is 5.07. The van der Waals surface area contributed by atoms with Gasteiger partial charge in [0.05, 0.1) is 9.80 Å². The Morgan fingerprint density at radius 1 is 1.56 bits per heavy atom. The van der Waals surface area contributed by atoms with Crippen molar-refractivity contribution in [1.29, 1.82) is 0 Å². The molecule has 0 aliphatic rings. The molecular formula is C10H14N2O3S. The molecule has 1 heterocycles. The fourth-order valence-corrected chi connectivity index (χ4v) is 2.17. The van der Waals surface area contributed by atoms with Gasteiger partial charge >= 0.3 is 5.00 Å². The summed E-state index contributed by atoms with van der Waals surface area (Å²) >= 11 is 0.914. The summed E-state index contributed by atoms with van der Waals surface area (Å²) in [6.07, 6.45) is 0. The van der Waals surface area contributed by atoms with Crippen LogP contribution in [0.3, 0.4) is 0 Å². The van der Waals surface area contributed by atoms with E-state index in [0.717, 1.165) is 11.3 Å². The monoisotopic (exact) mass is 242 g/mol. The van der Waals surface area contributed by atoms with Crippen molar-refractivity contribution in [2.75, 3.05) is 13.6 Å². The lowest BCUT2D eigenvalue weighted by Gasteiger charge is -2.18. The van der Waals surface area contributed by atoms with E-state index in [1.54, 1.807) is 11.9 Å². The summed E-state index contributed by atoms with van der Waals surface area (Å²) in [4.78, 5) is 23.8. The molecule has 16 heavy (non-hydrogen) atoms. The van der Waals surface area contributed by atoms with Gasteiger partial charge in [0, 0.05) is 19.7 Å². The minimum atomic E-state index is -0.482. The van der Waals surface area contributed by atoms with Gasteiger partial charge in [0.15, 0.2) is 0 Å². The summed E-state index contributed by atoms with van der Waals surface area (Å²) in [6.45, 7) is 4.67. The predicted octanol–water partition coefficient (Wildman–Crippen LogP) is 2.38. The molecule has 88 valence electrons. The number of thiophene rings is 1. The predicted molar refractivity (Wildman–Crippen MR) is 62.8 cm³/mol. The van der Waals surface area contributed by atoms with Crippen LogP contribution in [0.2, 0.25) is 0 Å². The van der Waals surface area contributed by atoms with Crippen molar-refractivity contribution < 1.29 is 9.72 Å². The molecule has 1 rings (SSSR count). The normalized spacial score (nSPS) is 10.5. The van der Waals surface area contributed by atoms with Crippen molar-refractivity contribution >= 4 is 22.2 Å². The van der Waals surface area contributed by atoms with Crippen molar-refractivity contribution in [3.63, 3.8) is 0 Å². The van der Waals surface area contributed by atoms with E-state index in [4.69, 9.17) is 0 Å². The zero-order valence-corrected chi connectivity index (χ0v) is 10.3. The molecule has 0 aliphatic heterocycles. The maximum Gasteiger partial charge on any atom is 0.324 e. The van der Waals surface area contributed by atoms with Crippen LogP contribution >= 0.6 is 11.3 Å². The first kappa shape index (κ1) is 12.6. The second-order valence-corrected chi connectivity index (χ2v) is 5.04. The summed E-state index contributed by atoms with van der Waals surface area (Å²) in [6, 6.07) is 2.86. The summed E-state index contributed by atoms with van der Waals surface area (Å²) < 4.78 is 0. The molecule has 6 heteroatoms. The highest BCUT2D eigenvalue weighted by Gasteiger charge is 2.18. The Kier molecular flexibility index (Phi) is 4.00. The van der Waals surface area contributed by atoms with Gasteiger partial charge in [-0.2, -0.15) is 0 Å². The average molecular weight is 242 g/mol. The van der Waals surface area contributed by atoms with Gasteiger partial charge in [-0.25, -0.2) is 0 Å². The highest BCUT2D eigenvalue weighted by atomic mass is 32.1. The largest absolute Gasteiger partial charge is 0.341 e. The van der Waals surface area contributed by atoms with Gasteiger partial charge in [-0.05, 0) is 12.0 Å². The Morgan fingerprint density at radius 3 is 2.62 bits per heavy atom. The van der Waals surface area contributed by atoms with Crippen LogP contribution in [0.5, 0.6) is 0 Å². The van der Waals surface area contributed by atoms with Crippen molar-refractivity contribution in [3.8, 4) is 0 Å². The summed E-state index contributed by atoms with van der Waals surface area (Å²) in [7, 11) is 1.70. The van der Waals surface area contributed by atoms with Crippen molar-refractivity contribution in [1.82, 2.24) is 4.90 Å². The number of carbonyl (C=O) groups excluding carboxylic acids is 1. The highest BCUT2D eigenvalue weighted by Crippen LogP contribution is 2.24. The molecule has 0 spiro atoms. The molecule has 5 nitrogen and oxygen atoms in total. The third kappa shape index (κ3) is 3.03. The van der Waals surface area contributed by atoms with Crippen LogP contribution in [0.1, 0.15) is 23.5 Å². The molecule has 0 aromatic carbocycles. The molecule has 0 atom stereocenters. The van der Waals surface area contributed by atoms with Gasteiger partial charge in [-0.1, -0.05) is 25.2 Å². The van der Waals surface area contributed by atoms with Crippen LogP contribution in [0.25, 0.3) is 0 Å². The lowest BCUT2D eigenvalue weighted by molar-refractivity contribution is -0.380. The lowest BCUT2D eigenvalue weighted by Crippen LogP contribution is -2.29. The van der Waals surface area contributed by atoms with Crippen molar-refractivity contribution in [2.45, 2.75) is 13.8 Å². The Labute approximate surface area is 97.8 Å². The van der Waals surface area contributed by atoms with Gasteiger partial charge in [0.1, 0.15) is 0 Å². The molecule has 0 radical (unpaired) electrons. The number of hydrogen-bond donors (Lipinski definition) is 0. The smallest absolute Gasteiger partial charge is 0.324 e. The minimum absolute atomic E-state index is 0.00120. The minimum Gasteiger partial charge on any atom is -0.341 e. The Hall–Kier alpha value is -1.43. The molecule has 1 aromatic heterocycles. The van der Waals surface area contributed by atoms with E-state index >= 15 is 0 Å².